The highest BCUT2D eigenvalue weighted by Gasteiger charge is 2.19. The van der Waals surface area contributed by atoms with Gasteiger partial charge in [-0.1, -0.05) is 19.9 Å². The van der Waals surface area contributed by atoms with Crippen LogP contribution in [0, 0.1) is 0 Å². The lowest BCUT2D eigenvalue weighted by atomic mass is 10.1. The Morgan fingerprint density at radius 1 is 1.33 bits per heavy atom. The summed E-state index contributed by atoms with van der Waals surface area (Å²) in [6, 6.07) is 5.24. The van der Waals surface area contributed by atoms with E-state index in [1.807, 2.05) is 32.9 Å². The van der Waals surface area contributed by atoms with Gasteiger partial charge in [-0.3, -0.25) is 9.59 Å². The number of H-pyrrole nitrogens is 1. The molecule has 2 aromatic rings. The first-order chi connectivity index (χ1) is 11.4. The smallest absolute Gasteiger partial charge is 0.269 e. The van der Waals surface area contributed by atoms with E-state index < -0.39 is 0 Å². The SMILES string of the molecule is CC(C)c1ncc(C(=O)N[C@H](C)c2ccc3c(c2)NC(=O)CO3)[nH]1. The minimum Gasteiger partial charge on any atom is -0.482 e. The molecule has 3 N–H and O–H groups in total. The van der Waals surface area contributed by atoms with Crippen LogP contribution in [0.5, 0.6) is 5.75 Å². The van der Waals surface area contributed by atoms with Crippen LogP contribution in [0.1, 0.15) is 54.6 Å². The summed E-state index contributed by atoms with van der Waals surface area (Å²) < 4.78 is 5.33. The lowest BCUT2D eigenvalue weighted by molar-refractivity contribution is -0.118. The van der Waals surface area contributed by atoms with Gasteiger partial charge in [-0.15, -0.1) is 0 Å². The van der Waals surface area contributed by atoms with Crippen LogP contribution in [0.4, 0.5) is 5.69 Å². The van der Waals surface area contributed by atoms with Crippen molar-refractivity contribution >= 4 is 17.5 Å². The van der Waals surface area contributed by atoms with Crippen molar-refractivity contribution in [1.82, 2.24) is 15.3 Å². The van der Waals surface area contributed by atoms with Crippen molar-refractivity contribution in [3.8, 4) is 5.75 Å². The van der Waals surface area contributed by atoms with Crippen LogP contribution in [-0.4, -0.2) is 28.4 Å². The first-order valence-corrected chi connectivity index (χ1v) is 7.86. The van der Waals surface area contributed by atoms with Gasteiger partial charge in [-0.2, -0.15) is 0 Å². The van der Waals surface area contributed by atoms with E-state index >= 15 is 0 Å². The van der Waals surface area contributed by atoms with Gasteiger partial charge >= 0.3 is 0 Å². The number of amides is 2. The zero-order valence-corrected chi connectivity index (χ0v) is 13.8. The molecule has 24 heavy (non-hydrogen) atoms. The van der Waals surface area contributed by atoms with Gasteiger partial charge in [0, 0.05) is 5.92 Å². The number of aromatic nitrogens is 2. The van der Waals surface area contributed by atoms with Gasteiger partial charge < -0.3 is 20.4 Å². The van der Waals surface area contributed by atoms with E-state index in [9.17, 15) is 9.59 Å². The number of aromatic amines is 1. The minimum absolute atomic E-state index is 0.0244. The predicted octanol–water partition coefficient (Wildman–Crippen LogP) is 2.35. The highest BCUT2D eigenvalue weighted by molar-refractivity contribution is 5.95. The Labute approximate surface area is 139 Å². The maximum atomic E-state index is 12.3. The molecule has 7 nitrogen and oxygen atoms in total. The van der Waals surface area contributed by atoms with Gasteiger partial charge in [-0.25, -0.2) is 4.98 Å². The molecular weight excluding hydrogens is 308 g/mol. The van der Waals surface area contributed by atoms with E-state index in [0.29, 0.717) is 17.1 Å². The predicted molar refractivity (Wildman–Crippen MR) is 89.1 cm³/mol. The second kappa shape index (κ2) is 6.35. The Morgan fingerprint density at radius 3 is 2.83 bits per heavy atom. The van der Waals surface area contributed by atoms with Crippen molar-refractivity contribution in [1.29, 1.82) is 0 Å². The minimum atomic E-state index is -0.229. The molecule has 2 heterocycles. The summed E-state index contributed by atoms with van der Waals surface area (Å²) in [5, 5.41) is 5.68. The van der Waals surface area contributed by atoms with Crippen LogP contribution in [0.2, 0.25) is 0 Å². The molecule has 0 aliphatic carbocycles. The average Bonchev–Trinajstić information content (AvgIpc) is 3.04. The fourth-order valence-electron chi connectivity index (χ4n) is 2.47. The molecule has 1 aromatic heterocycles. The number of benzene rings is 1. The highest BCUT2D eigenvalue weighted by Crippen LogP contribution is 2.30. The molecule has 0 radical (unpaired) electrons. The monoisotopic (exact) mass is 328 g/mol. The van der Waals surface area contributed by atoms with E-state index in [2.05, 4.69) is 20.6 Å². The van der Waals surface area contributed by atoms with Crippen LogP contribution < -0.4 is 15.4 Å². The Morgan fingerprint density at radius 2 is 2.12 bits per heavy atom. The molecule has 7 heteroatoms. The Bertz CT molecular complexity index is 782. The van der Waals surface area contributed by atoms with Crippen molar-refractivity contribution < 1.29 is 14.3 Å². The summed E-state index contributed by atoms with van der Waals surface area (Å²) in [6.07, 6.45) is 1.54. The second-order valence-electron chi connectivity index (χ2n) is 6.12. The molecule has 0 saturated heterocycles. The number of nitrogens with one attached hydrogen (secondary N) is 3. The maximum absolute atomic E-state index is 12.3. The second-order valence-corrected chi connectivity index (χ2v) is 6.12. The van der Waals surface area contributed by atoms with E-state index in [-0.39, 0.29) is 30.4 Å². The Balaban J connectivity index is 1.72. The molecule has 1 aliphatic rings. The normalized spacial score (nSPS) is 14.6. The third kappa shape index (κ3) is 3.24. The number of nitrogens with zero attached hydrogens (tertiary/aromatic N) is 1. The van der Waals surface area contributed by atoms with Crippen molar-refractivity contribution in [2.24, 2.45) is 0 Å². The molecule has 0 spiro atoms. The first kappa shape index (κ1) is 16.0. The molecule has 1 atom stereocenters. The number of fused-ring (bicyclic) bond motifs is 1. The highest BCUT2D eigenvalue weighted by atomic mass is 16.5. The zero-order valence-electron chi connectivity index (χ0n) is 13.8. The molecule has 2 amide bonds. The van der Waals surface area contributed by atoms with Crippen molar-refractivity contribution in [2.75, 3.05) is 11.9 Å². The van der Waals surface area contributed by atoms with Crippen LogP contribution in [-0.2, 0) is 4.79 Å². The summed E-state index contributed by atoms with van der Waals surface area (Å²) in [5.41, 5.74) is 1.92. The Hall–Kier alpha value is -2.83. The first-order valence-electron chi connectivity index (χ1n) is 7.86. The van der Waals surface area contributed by atoms with Crippen molar-refractivity contribution in [3.05, 3.63) is 41.5 Å². The average molecular weight is 328 g/mol. The molecule has 0 unspecified atom stereocenters. The summed E-state index contributed by atoms with van der Waals surface area (Å²) >= 11 is 0. The molecule has 1 aliphatic heterocycles. The van der Waals surface area contributed by atoms with Gasteiger partial charge in [0.2, 0.25) is 0 Å². The third-order valence-corrected chi connectivity index (χ3v) is 3.87. The molecule has 1 aromatic carbocycles. The zero-order chi connectivity index (χ0) is 17.3. The van der Waals surface area contributed by atoms with Crippen molar-refractivity contribution in [2.45, 2.75) is 32.7 Å². The van der Waals surface area contributed by atoms with E-state index in [1.165, 1.54) is 6.20 Å². The number of carbonyl (C=O) groups excluding carboxylic acids is 2. The van der Waals surface area contributed by atoms with Crippen LogP contribution in [0.15, 0.2) is 24.4 Å². The molecule has 0 saturated carbocycles. The number of rotatable bonds is 4. The van der Waals surface area contributed by atoms with Crippen LogP contribution in [0.25, 0.3) is 0 Å². The maximum Gasteiger partial charge on any atom is 0.269 e. The van der Waals surface area contributed by atoms with Crippen molar-refractivity contribution in [3.63, 3.8) is 0 Å². The summed E-state index contributed by atoms with van der Waals surface area (Å²) in [6.45, 7) is 5.92. The standard InChI is InChI=1S/C17H20N4O3/c1-9(2)16-18-7-13(21-16)17(23)19-10(3)11-4-5-14-12(6-11)20-15(22)8-24-14/h4-7,9-10H,8H2,1-3H3,(H,18,21)(H,19,23)(H,20,22)/t10-/m1/s1. The van der Waals surface area contributed by atoms with E-state index in [1.54, 1.807) is 6.07 Å². The summed E-state index contributed by atoms with van der Waals surface area (Å²) in [5.74, 6) is 1.23. The molecule has 3 rings (SSSR count). The Kier molecular flexibility index (Phi) is 4.24. The van der Waals surface area contributed by atoms with Crippen LogP contribution >= 0.6 is 0 Å². The van der Waals surface area contributed by atoms with Gasteiger partial charge in [0.1, 0.15) is 17.3 Å². The lowest BCUT2D eigenvalue weighted by Crippen LogP contribution is -2.28. The topological polar surface area (TPSA) is 96.1 Å². The quantitative estimate of drug-likeness (QED) is 0.803. The fourth-order valence-corrected chi connectivity index (χ4v) is 2.47. The number of anilines is 1. The van der Waals surface area contributed by atoms with Gasteiger partial charge in [0.15, 0.2) is 6.61 Å². The lowest BCUT2D eigenvalue weighted by Gasteiger charge is -2.20. The van der Waals surface area contributed by atoms with Gasteiger partial charge in [-0.05, 0) is 24.6 Å². The summed E-state index contributed by atoms with van der Waals surface area (Å²) in [4.78, 5) is 31.0. The largest absolute Gasteiger partial charge is 0.482 e. The third-order valence-electron chi connectivity index (χ3n) is 3.87. The van der Waals surface area contributed by atoms with E-state index in [4.69, 9.17) is 4.74 Å². The number of ether oxygens (including phenoxy) is 1. The van der Waals surface area contributed by atoms with Gasteiger partial charge in [0.05, 0.1) is 17.9 Å². The fraction of sp³-hybridized carbons (Fsp3) is 0.353. The molecule has 126 valence electrons. The summed E-state index contributed by atoms with van der Waals surface area (Å²) in [7, 11) is 0. The van der Waals surface area contributed by atoms with Crippen LogP contribution in [0.3, 0.4) is 0 Å². The van der Waals surface area contributed by atoms with E-state index in [0.717, 1.165) is 11.4 Å². The molecular formula is C17H20N4O3. The molecule has 0 bridgehead atoms. The molecule has 0 fully saturated rings. The number of hydrogen-bond donors (Lipinski definition) is 3. The number of carbonyl (C=O) groups is 2. The van der Waals surface area contributed by atoms with Gasteiger partial charge in [0.25, 0.3) is 11.8 Å². The number of hydrogen-bond acceptors (Lipinski definition) is 4. The number of imidazole rings is 1.